The van der Waals surface area contributed by atoms with E-state index in [0.717, 1.165) is 20.8 Å². The molecule has 0 aromatic carbocycles. The highest BCUT2D eigenvalue weighted by Crippen LogP contribution is 3.20. The molecule has 18 rings (SSSR count). The molecule has 0 bridgehead atoms. The molecule has 131 heavy (non-hydrogen) atoms. The van der Waals surface area contributed by atoms with Crippen LogP contribution in [0, 0.1) is 0 Å². The van der Waals surface area contributed by atoms with Crippen LogP contribution in [0.25, 0.3) is 0 Å². The van der Waals surface area contributed by atoms with Gasteiger partial charge in [0.05, 0.1) is 0 Å². The van der Waals surface area contributed by atoms with Crippen LogP contribution in [0.3, 0.4) is 0 Å². The summed E-state index contributed by atoms with van der Waals surface area (Å²) >= 11 is 0. The van der Waals surface area contributed by atoms with Crippen LogP contribution in [-0.4, -0.2) is 349 Å². The molecule has 0 aromatic rings. The molecule has 12 atom stereocenters. The quantitative estimate of drug-likeness (QED) is 0.0408. The van der Waals surface area contributed by atoms with Gasteiger partial charge in [0.15, 0.2) is 316 Å². The average molecular weight is 2230 g/mol. The van der Waals surface area contributed by atoms with Gasteiger partial charge in [-0.25, -0.2) is 0 Å². The molecule has 0 amide bonds. The highest BCUT2D eigenvalue weighted by Gasteiger charge is 3.49. The van der Waals surface area contributed by atoms with Crippen molar-refractivity contribution in [2.75, 3.05) is 0 Å². The van der Waals surface area contributed by atoms with E-state index < -0.39 is 349 Å². The van der Waals surface area contributed by atoms with Crippen molar-refractivity contribution in [2.24, 2.45) is 0 Å². The van der Waals surface area contributed by atoms with Gasteiger partial charge >= 0.3 is 0 Å². The second-order valence-electron chi connectivity index (χ2n) is 51.2. The molecular weight excluding hydrogens is 2050 g/mol. The first-order valence-electron chi connectivity index (χ1n) is 50.3. The first-order chi connectivity index (χ1) is 59.4. The van der Waals surface area contributed by atoms with E-state index in [1.807, 2.05) is 0 Å². The highest BCUT2D eigenvalue weighted by atomic mass is 28.4. The predicted molar refractivity (Wildman–Crippen MR) is 590 cm³/mol. The third-order valence-corrected chi connectivity index (χ3v) is 60.0. The standard InChI is InChI=1S/C83H178O24Si24/c1-52-59(131(50,51)107-80-68(92-116-13)69(93-117(14)15)71(95-119(18)19)70(68,94-118(16)17)82(80,102-126(38,39)40)83(71,103-127(41,42)43)81(69,80)101-125(35,36)37)55-58(4)130(48,49)106-79-67(91-115-12)63(87-111-8)66(90-114-11)64(67,88-112-9)76(79,100-124(32,33)34)78(66,75(63,79)99-123(29,30)31)105-129(46,47)57(3)54-53-56(2)128(44,45)104-77-65(89-113-10)61(85-109-6)60(84-108-5)62(65,86-110-7)74(77,98-122(26,27)28)72(60,96-120(20,21)22)73(61,77)97-121(23,24)25/h52-55,117-119H,108-116H2,1-51H3. The molecule has 0 heterocycles. The lowest BCUT2D eigenvalue weighted by Crippen LogP contribution is -3.53. The summed E-state index contributed by atoms with van der Waals surface area (Å²) in [7, 11) is -51.1. The Morgan fingerprint density at radius 1 is 0.198 bits per heavy atom. The van der Waals surface area contributed by atoms with Crippen LogP contribution in [0.15, 0.2) is 45.1 Å². The van der Waals surface area contributed by atoms with Crippen LogP contribution in [0.1, 0.15) is 27.7 Å². The summed E-state index contributed by atoms with van der Waals surface area (Å²) < 4.78 is 197. The van der Waals surface area contributed by atoms with Gasteiger partial charge in [-0.15, -0.1) is 0 Å². The van der Waals surface area contributed by atoms with Crippen molar-refractivity contribution in [2.45, 2.75) is 470 Å². The summed E-state index contributed by atoms with van der Waals surface area (Å²) in [5.74, 6) is 0. The van der Waals surface area contributed by atoms with Crippen molar-refractivity contribution in [1.82, 2.24) is 0 Å². The van der Waals surface area contributed by atoms with Crippen LogP contribution in [0.5, 0.6) is 0 Å². The Morgan fingerprint density at radius 2 is 0.336 bits per heavy atom. The Kier molecular flexibility index (Phi) is 25.1. The molecule has 0 spiro atoms. The van der Waals surface area contributed by atoms with Crippen molar-refractivity contribution >= 4 is 215 Å². The first kappa shape index (κ1) is 108. The Balaban J connectivity index is 0.864. The molecule has 18 fully saturated rings. The summed E-state index contributed by atoms with van der Waals surface area (Å²) in [6, 6.07) is 0. The number of hydrogen-bond acceptors (Lipinski definition) is 24. The summed E-state index contributed by atoms with van der Waals surface area (Å²) in [6.07, 6.45) is 9.46. The zero-order valence-corrected chi connectivity index (χ0v) is 119. The topological polar surface area (TPSA) is 222 Å². The van der Waals surface area contributed by atoms with Crippen molar-refractivity contribution < 1.29 is 106 Å². The predicted octanol–water partition coefficient (Wildman–Crippen LogP) is 9.90. The Hall–Kier alpha value is 3.21. The molecule has 18 saturated carbocycles. The molecule has 750 valence electrons. The van der Waals surface area contributed by atoms with E-state index in [0.29, 0.717) is 0 Å². The van der Waals surface area contributed by atoms with Crippen LogP contribution >= 0.6 is 0 Å². The van der Waals surface area contributed by atoms with E-state index in [-0.39, 0.29) is 0 Å². The van der Waals surface area contributed by atoms with E-state index >= 15 is 0 Å². The fraction of sp³-hybridized carbons (Fsp3) is 0.904. The zero-order valence-electron chi connectivity index (χ0n) is 91.2. The molecule has 24 nitrogen and oxygen atoms in total. The molecule has 0 radical (unpaired) electrons. The zero-order chi connectivity index (χ0) is 99.2. The van der Waals surface area contributed by atoms with Crippen LogP contribution in [0.4, 0.5) is 0 Å². The van der Waals surface area contributed by atoms with Crippen LogP contribution in [-0.2, 0) is 106 Å². The Bertz CT molecular complexity index is 4620. The minimum absolute atomic E-state index is 0.976. The van der Waals surface area contributed by atoms with Crippen molar-refractivity contribution in [3.8, 4) is 0 Å². The minimum atomic E-state index is -3.36. The fourth-order valence-electron chi connectivity index (χ4n) is 33.0. The third-order valence-electron chi connectivity index (χ3n) is 32.5. The van der Waals surface area contributed by atoms with Crippen molar-refractivity contribution in [1.29, 1.82) is 0 Å². The summed E-state index contributed by atoms with van der Waals surface area (Å²) in [6.45, 7) is 118. The second kappa shape index (κ2) is 30.3. The van der Waals surface area contributed by atoms with E-state index in [1.165, 1.54) is 0 Å². The minimum Gasteiger partial charge on any atom is -0.410 e. The SMILES string of the molecule is CC=C(C=C(C)[Si](C)(C)OC12C3(O[SiH2]C)C4(O[SiH2]C)C5(O[SiH2]C)C3(O[SiH2]C)C1(O[Si](C)(C)C)C5(O[Si](C)(C)C(C)=CC=C(C)[Si](C)(C)OC13C5(O[SiH2]C)C6(O[SiH2]C)C7(O[SiH2]C)C5(O[SiH2]C)C1(O[Si](C)(C)C)C7(O[Si](C)(C)C)C63O[Si](C)(C)C)C42O[Si](C)(C)C)[Si](C)(C)OC12C3(O[SiH2]C)C4(O[SiH](C)C)C5(O[SiH](C)C)C3(O[SiH](C)C)C1(O[Si](C)(C)C)C5(O[Si](C)(C)C)C42O[Si](C)(C)C. The lowest BCUT2D eigenvalue weighted by atomic mass is 8.87. The highest BCUT2D eigenvalue weighted by molar-refractivity contribution is 6.83. The Morgan fingerprint density at radius 3 is 0.489 bits per heavy atom. The van der Waals surface area contributed by atoms with Crippen molar-refractivity contribution in [3.63, 3.8) is 0 Å². The summed E-state index contributed by atoms with van der Waals surface area (Å²) in [5, 5.41) is 4.53. The molecular formula is C83H178O24Si24. The van der Waals surface area contributed by atoms with Gasteiger partial charge in [-0.1, -0.05) is 98.8 Å². The van der Waals surface area contributed by atoms with Crippen LogP contribution < -0.4 is 0 Å². The fourth-order valence-corrected chi connectivity index (χ4v) is 65.0. The number of hydrogen-bond donors (Lipinski definition) is 0. The van der Waals surface area contributed by atoms with Gasteiger partial charge < -0.3 is 106 Å². The molecule has 18 aliphatic rings. The lowest BCUT2D eigenvalue weighted by molar-refractivity contribution is -0.837. The lowest BCUT2D eigenvalue weighted by Gasteiger charge is -3.25. The maximum Gasteiger partial charge on any atom is 0.219 e. The average Bonchev–Trinajstić information content (AvgIpc) is 0.497. The summed E-state index contributed by atoms with van der Waals surface area (Å²) in [4.78, 5) is 0. The Labute approximate surface area is 828 Å². The molecule has 12 unspecified atom stereocenters. The second-order valence-corrected chi connectivity index (χ2v) is 117. The maximum absolute atomic E-state index is 8.96. The van der Waals surface area contributed by atoms with Gasteiger partial charge in [-0.3, -0.25) is 0 Å². The third kappa shape index (κ3) is 9.74. The molecule has 0 N–H and O–H groups in total. The monoisotopic (exact) mass is 2230 g/mol. The van der Waals surface area contributed by atoms with Crippen molar-refractivity contribution in [3.05, 3.63) is 45.1 Å². The molecule has 0 aliphatic heterocycles. The van der Waals surface area contributed by atoms with Gasteiger partial charge in [0, 0.05) is 0 Å². The first-order valence-corrected chi connectivity index (χ1v) is 116. The van der Waals surface area contributed by atoms with E-state index in [4.69, 9.17) is 106 Å². The van der Waals surface area contributed by atoms with E-state index in [9.17, 15) is 0 Å². The largest absolute Gasteiger partial charge is 0.410 e. The van der Waals surface area contributed by atoms with Gasteiger partial charge in [0.1, 0.15) is 0 Å². The smallest absolute Gasteiger partial charge is 0.219 e. The molecule has 18 aliphatic carbocycles. The maximum atomic E-state index is 8.96. The van der Waals surface area contributed by atoms with E-state index in [1.54, 1.807) is 0 Å². The van der Waals surface area contributed by atoms with Crippen LogP contribution in [0.2, 0.25) is 308 Å². The van der Waals surface area contributed by atoms with Gasteiger partial charge in [0.25, 0.3) is 0 Å². The normalized spacial score (nSPS) is 46.8. The van der Waals surface area contributed by atoms with Gasteiger partial charge in [-0.05, 0) is 282 Å². The molecule has 0 saturated heterocycles. The van der Waals surface area contributed by atoms with Gasteiger partial charge in [-0.2, -0.15) is 0 Å². The van der Waals surface area contributed by atoms with Gasteiger partial charge in [0.2, 0.25) is 33.3 Å². The number of rotatable bonds is 54. The molecule has 48 heteroatoms. The summed E-state index contributed by atoms with van der Waals surface area (Å²) in [5.41, 5.74) is -27.2. The van der Waals surface area contributed by atoms with E-state index in [2.05, 4.69) is 360 Å². The number of allylic oxidation sites excluding steroid dienone is 8. The molecule has 0 aromatic heterocycles.